The zero-order valence-electron chi connectivity index (χ0n) is 35.9. The zero-order chi connectivity index (χ0) is 38.8. The highest BCUT2D eigenvalue weighted by molar-refractivity contribution is 5.64. The largest absolute Gasteiger partial charge is 0.103 e. The van der Waals surface area contributed by atoms with E-state index < -0.39 is 0 Å². The smallest absolute Gasteiger partial charge is 0 e. The number of allylic oxidation sites excluding steroid dienone is 5. The normalized spacial score (nSPS) is 28.5. The number of aryl methyl sites for hydroxylation is 2. The molecule has 0 aromatic heterocycles. The van der Waals surface area contributed by atoms with Gasteiger partial charge in [0.25, 0.3) is 0 Å². The lowest BCUT2D eigenvalue weighted by Crippen LogP contribution is -2.25. The van der Waals surface area contributed by atoms with Crippen molar-refractivity contribution in [2.24, 2.45) is 41.4 Å². The average Bonchev–Trinajstić information content (AvgIpc) is 3.23. The number of rotatable bonds is 9. The van der Waals surface area contributed by atoms with Gasteiger partial charge in [0.1, 0.15) is 0 Å². The highest BCUT2D eigenvalue weighted by atomic mass is 14.4. The van der Waals surface area contributed by atoms with Crippen LogP contribution in [0.3, 0.4) is 0 Å². The van der Waals surface area contributed by atoms with Gasteiger partial charge >= 0.3 is 0 Å². The first-order valence-electron chi connectivity index (χ1n) is 22.9. The van der Waals surface area contributed by atoms with E-state index in [1.807, 2.05) is 0 Å². The molecule has 0 heteroatoms. The highest BCUT2D eigenvalue weighted by Gasteiger charge is 2.31. The Hall–Kier alpha value is -3.12. The van der Waals surface area contributed by atoms with E-state index in [0.29, 0.717) is 0 Å². The molecule has 0 nitrogen and oxygen atoms in total. The molecule has 55 heavy (non-hydrogen) atoms. The summed E-state index contributed by atoms with van der Waals surface area (Å²) in [5.41, 5.74) is 8.20. The fraction of sp³-hybridized carbons (Fsp3) is 0.564. The standard InChI is InChI=1S/C22H32.C17H18.C16H28.4H2/c1-3-4-18-7-11-20(12-8-18)22-15-13-21(14-16-22)19-9-5-17(2)6-10-19;1-3-4-5-15-8-12-17(13-9-15)16-10-6-14(2)7-11-16;1-3-4-14-7-11-16(12-8-14)15-9-5-13(2)6-10-15;;;;/h3,5-6,9-10,18,20-22H,1,4,7-8,11-16H2,2H3;3-4,6-13H,5H2,1-2H3;3-4,13-16H,5-12H2,1-2H3;4*1H/b;2*4-3+;;;;. The van der Waals surface area contributed by atoms with Crippen LogP contribution in [0.1, 0.15) is 164 Å². The molecule has 4 fully saturated rings. The molecule has 3 aromatic carbocycles. The van der Waals surface area contributed by atoms with Crippen LogP contribution in [0.25, 0.3) is 11.1 Å². The van der Waals surface area contributed by atoms with Gasteiger partial charge in [-0.3, -0.25) is 0 Å². The van der Waals surface area contributed by atoms with Crippen LogP contribution in [-0.4, -0.2) is 0 Å². The van der Waals surface area contributed by atoms with Gasteiger partial charge in [-0.05, 0) is 200 Å². The van der Waals surface area contributed by atoms with Crippen LogP contribution in [0.5, 0.6) is 0 Å². The second kappa shape index (κ2) is 23.2. The van der Waals surface area contributed by atoms with Crippen LogP contribution in [-0.2, 0) is 6.42 Å². The number of benzene rings is 3. The van der Waals surface area contributed by atoms with Crippen molar-refractivity contribution in [2.75, 3.05) is 0 Å². The summed E-state index contributed by atoms with van der Waals surface area (Å²) in [6.07, 6.45) is 37.0. The molecule has 0 bridgehead atoms. The lowest BCUT2D eigenvalue weighted by Gasteiger charge is -2.38. The molecule has 0 atom stereocenters. The predicted octanol–water partition coefficient (Wildman–Crippen LogP) is 17.6. The molecule has 0 N–H and O–H groups in total. The maximum absolute atomic E-state index is 3.91. The van der Waals surface area contributed by atoms with Crippen molar-refractivity contribution in [3.05, 3.63) is 132 Å². The molecule has 0 unspecified atom stereocenters. The SMILES string of the molecule is C/C=C/C1CCC(C2CCC(C)CC2)CC1.C/C=C/Cc1ccc(-c2ccc(C)cc2)cc1.C=CCC1CCC(C2CCC(c3ccc(C)cc3)CC2)CC1.[HH].[HH].[HH].[HH]. The Morgan fingerprint density at radius 1 is 0.545 bits per heavy atom. The Kier molecular flexibility index (Phi) is 18.1. The minimum absolute atomic E-state index is 0. The Balaban J connectivity index is 0.000000434. The molecule has 0 aliphatic heterocycles. The molecule has 3 aromatic rings. The first-order valence-corrected chi connectivity index (χ1v) is 22.9. The fourth-order valence-corrected chi connectivity index (χ4v) is 10.6. The van der Waals surface area contributed by atoms with Gasteiger partial charge < -0.3 is 0 Å². The summed E-state index contributed by atoms with van der Waals surface area (Å²) < 4.78 is 0. The van der Waals surface area contributed by atoms with E-state index in [4.69, 9.17) is 0 Å². The lowest BCUT2D eigenvalue weighted by molar-refractivity contribution is 0.160. The van der Waals surface area contributed by atoms with Crippen molar-refractivity contribution in [3.63, 3.8) is 0 Å². The van der Waals surface area contributed by atoms with Crippen molar-refractivity contribution in [1.29, 1.82) is 0 Å². The summed E-state index contributed by atoms with van der Waals surface area (Å²) in [5.74, 6) is 7.90. The summed E-state index contributed by atoms with van der Waals surface area (Å²) in [7, 11) is 0. The van der Waals surface area contributed by atoms with Gasteiger partial charge in [0, 0.05) is 5.71 Å². The van der Waals surface area contributed by atoms with Crippen molar-refractivity contribution in [1.82, 2.24) is 0 Å². The van der Waals surface area contributed by atoms with E-state index >= 15 is 0 Å². The van der Waals surface area contributed by atoms with E-state index in [1.165, 1.54) is 137 Å². The third-order valence-electron chi connectivity index (χ3n) is 14.3. The topological polar surface area (TPSA) is 0 Å². The monoisotopic (exact) mass is 747 g/mol. The van der Waals surface area contributed by atoms with E-state index in [-0.39, 0.29) is 5.71 Å². The number of hydrogen-bond donors (Lipinski definition) is 0. The van der Waals surface area contributed by atoms with Crippen LogP contribution >= 0.6 is 0 Å². The van der Waals surface area contributed by atoms with Crippen LogP contribution in [0.2, 0.25) is 0 Å². The zero-order valence-corrected chi connectivity index (χ0v) is 35.9. The molecule has 0 radical (unpaired) electrons. The Morgan fingerprint density at radius 2 is 1.00 bits per heavy atom. The van der Waals surface area contributed by atoms with Crippen LogP contribution in [0.15, 0.2) is 110 Å². The van der Waals surface area contributed by atoms with Gasteiger partial charge in [0.05, 0.1) is 0 Å². The second-order valence-electron chi connectivity index (χ2n) is 18.4. The predicted molar refractivity (Wildman–Crippen MR) is 251 cm³/mol. The summed E-state index contributed by atoms with van der Waals surface area (Å²) >= 11 is 0. The van der Waals surface area contributed by atoms with Gasteiger partial charge in [-0.25, -0.2) is 0 Å². The van der Waals surface area contributed by atoms with Crippen molar-refractivity contribution >= 4 is 0 Å². The summed E-state index contributed by atoms with van der Waals surface area (Å²) in [6, 6.07) is 26.8. The summed E-state index contributed by atoms with van der Waals surface area (Å²) in [4.78, 5) is 0. The van der Waals surface area contributed by atoms with E-state index in [0.717, 1.165) is 53.8 Å². The molecule has 0 amide bonds. The molecule has 0 heterocycles. The summed E-state index contributed by atoms with van der Waals surface area (Å²) in [5, 5.41) is 0. The molecular formula is C55H86. The minimum Gasteiger partial charge on any atom is -0.103 e. The second-order valence-corrected chi connectivity index (χ2v) is 18.4. The van der Waals surface area contributed by atoms with Gasteiger partial charge in [-0.2, -0.15) is 0 Å². The molecule has 4 saturated carbocycles. The molecule has 306 valence electrons. The molecule has 4 aliphatic rings. The Bertz CT molecular complexity index is 1540. The van der Waals surface area contributed by atoms with Crippen molar-refractivity contribution < 1.29 is 5.71 Å². The Morgan fingerprint density at radius 3 is 1.49 bits per heavy atom. The van der Waals surface area contributed by atoms with Gasteiger partial charge in [0.2, 0.25) is 0 Å². The van der Waals surface area contributed by atoms with Crippen molar-refractivity contribution in [3.8, 4) is 11.1 Å². The number of hydrogen-bond acceptors (Lipinski definition) is 0. The lowest BCUT2D eigenvalue weighted by atomic mass is 9.68. The molecule has 4 aliphatic carbocycles. The minimum atomic E-state index is 0. The van der Waals surface area contributed by atoms with Gasteiger partial charge in [-0.1, -0.05) is 134 Å². The maximum atomic E-state index is 3.91. The third kappa shape index (κ3) is 14.1. The third-order valence-corrected chi connectivity index (χ3v) is 14.3. The molecular weight excluding hydrogens is 661 g/mol. The average molecular weight is 747 g/mol. The fourth-order valence-electron chi connectivity index (χ4n) is 10.6. The van der Waals surface area contributed by atoms with Crippen LogP contribution in [0, 0.1) is 55.3 Å². The van der Waals surface area contributed by atoms with E-state index in [1.54, 1.807) is 5.56 Å². The maximum Gasteiger partial charge on any atom is 0 e. The van der Waals surface area contributed by atoms with Crippen LogP contribution < -0.4 is 0 Å². The van der Waals surface area contributed by atoms with Gasteiger partial charge in [0.15, 0.2) is 0 Å². The molecule has 0 spiro atoms. The van der Waals surface area contributed by atoms with E-state index in [2.05, 4.69) is 144 Å². The van der Waals surface area contributed by atoms with E-state index in [9.17, 15) is 0 Å². The van der Waals surface area contributed by atoms with Crippen LogP contribution in [0.4, 0.5) is 0 Å². The van der Waals surface area contributed by atoms with Crippen molar-refractivity contribution in [2.45, 2.75) is 156 Å². The quantitative estimate of drug-likeness (QED) is 0.191. The van der Waals surface area contributed by atoms with Gasteiger partial charge in [-0.15, -0.1) is 6.58 Å². The first-order chi connectivity index (χ1) is 26.8. The highest BCUT2D eigenvalue weighted by Crippen LogP contribution is 2.45. The molecule has 7 rings (SSSR count). The Labute approximate surface area is 345 Å². The molecule has 0 saturated heterocycles. The summed E-state index contributed by atoms with van der Waals surface area (Å²) in [6.45, 7) is 14.9. The first kappa shape index (κ1) is 43.0.